The Morgan fingerprint density at radius 1 is 0.441 bits per heavy atom. The summed E-state index contributed by atoms with van der Waals surface area (Å²) in [5.41, 5.74) is 1.94. The molecule has 4 atom stereocenters. The van der Waals surface area contributed by atoms with Crippen LogP contribution in [0.25, 0.3) is 0 Å². The van der Waals surface area contributed by atoms with Crippen molar-refractivity contribution in [3.8, 4) is 0 Å². The number of aliphatic carboxylic acids is 2. The number of rotatable bonds is 38. The molecule has 9 heteroatoms. The summed E-state index contributed by atoms with van der Waals surface area (Å²) in [6, 6.07) is 19.2. The van der Waals surface area contributed by atoms with Gasteiger partial charge in [-0.3, -0.25) is 0 Å². The monoisotopic (exact) mass is 949 g/mol. The van der Waals surface area contributed by atoms with Gasteiger partial charge in [-0.05, 0) is 49.7 Å². The first-order chi connectivity index (χ1) is 28.3. The van der Waals surface area contributed by atoms with Gasteiger partial charge in [0.05, 0.1) is 49.6 Å². The Morgan fingerprint density at radius 2 is 0.695 bits per heavy atom. The van der Waals surface area contributed by atoms with Crippen molar-refractivity contribution in [3.05, 3.63) is 71.8 Å². The van der Waals surface area contributed by atoms with E-state index in [-0.39, 0.29) is 61.1 Å². The summed E-state index contributed by atoms with van der Waals surface area (Å²) >= 11 is 0. The van der Waals surface area contributed by atoms with E-state index < -0.39 is 24.1 Å². The first-order valence-electron chi connectivity index (χ1n) is 23.4. The molecule has 0 aromatic heterocycles. The smallest absolute Gasteiger partial charge is 0.547 e. The molecule has 2 aromatic rings. The number of carbonyl (C=O) groups excluding carboxylic acids is 2. The number of aliphatic hydroxyl groups excluding tert-OH is 2. The van der Waals surface area contributed by atoms with Crippen molar-refractivity contribution < 1.29 is 39.5 Å². The molecule has 4 unspecified atom stereocenters. The summed E-state index contributed by atoms with van der Waals surface area (Å²) in [4.78, 5) is 22.5. The Hall–Kier alpha value is -1.21. The molecule has 2 aromatic carbocycles. The minimum absolute atomic E-state index is 0. The van der Waals surface area contributed by atoms with Crippen LogP contribution in [-0.4, -0.2) is 95.4 Å². The number of hydrogen-bond acceptors (Lipinski definition) is 8. The molecule has 8 nitrogen and oxygen atoms in total. The Morgan fingerprint density at radius 3 is 0.966 bits per heavy atom. The van der Waals surface area contributed by atoms with Crippen LogP contribution in [0.15, 0.2) is 60.7 Å². The molecule has 59 heavy (non-hydrogen) atoms. The van der Waals surface area contributed by atoms with Crippen LogP contribution in [0.2, 0.25) is 0 Å². The number of hydrogen-bond donors (Lipinski definition) is 2. The van der Waals surface area contributed by atoms with Crippen molar-refractivity contribution >= 4 is 60.8 Å². The average molecular weight is 949 g/mol. The van der Waals surface area contributed by atoms with Gasteiger partial charge >= 0.3 is 48.9 Å². The minimum Gasteiger partial charge on any atom is -0.547 e. The zero-order valence-electron chi connectivity index (χ0n) is 37.3. The molecule has 0 aliphatic heterocycles. The third-order valence-corrected chi connectivity index (χ3v) is 10.9. The maximum Gasteiger partial charge on any atom is 2.00 e. The van der Waals surface area contributed by atoms with Gasteiger partial charge in [0.15, 0.2) is 0 Å². The second-order valence-electron chi connectivity index (χ2n) is 16.3. The van der Waals surface area contributed by atoms with Crippen LogP contribution in [-0.2, 0) is 32.3 Å². The van der Waals surface area contributed by atoms with Gasteiger partial charge in [0.1, 0.15) is 0 Å². The molecular formula is C50H82BaO8. The van der Waals surface area contributed by atoms with E-state index in [0.29, 0.717) is 26.1 Å². The number of carboxylic acids is 2. The van der Waals surface area contributed by atoms with E-state index in [0.717, 1.165) is 114 Å². The molecule has 0 spiro atoms. The van der Waals surface area contributed by atoms with Gasteiger partial charge < -0.3 is 39.5 Å². The third-order valence-electron chi connectivity index (χ3n) is 10.9. The van der Waals surface area contributed by atoms with E-state index in [1.54, 1.807) is 0 Å². The molecule has 0 saturated carbocycles. The molecular weight excluding hydrogens is 866 g/mol. The van der Waals surface area contributed by atoms with Gasteiger partial charge in [-0.15, -0.1) is 0 Å². The van der Waals surface area contributed by atoms with E-state index in [4.69, 9.17) is 9.47 Å². The van der Waals surface area contributed by atoms with E-state index in [1.165, 1.54) is 64.2 Å². The second kappa shape index (κ2) is 42.1. The van der Waals surface area contributed by atoms with Crippen LogP contribution in [0, 0.1) is 0 Å². The zero-order chi connectivity index (χ0) is 42.3. The normalized spacial score (nSPS) is 13.1. The van der Waals surface area contributed by atoms with Crippen molar-refractivity contribution in [1.29, 1.82) is 0 Å². The summed E-state index contributed by atoms with van der Waals surface area (Å²) in [7, 11) is 0. The SMILES string of the molecule is CCCCCCCCC(O)CCCCCCCC(OCc1ccccc1)C(=O)[O-].CCCCCCCCC(O)CCCCCCCC(OCc1ccccc1)C(=O)[O-].[Ba+2]. The van der Waals surface area contributed by atoms with Crippen molar-refractivity contribution in [2.45, 2.75) is 231 Å². The Kier molecular flexibility index (Phi) is 41.2. The van der Waals surface area contributed by atoms with Crippen molar-refractivity contribution in [2.24, 2.45) is 0 Å². The molecule has 0 fully saturated rings. The van der Waals surface area contributed by atoms with Crippen LogP contribution in [0.1, 0.15) is 205 Å². The molecule has 0 heterocycles. The van der Waals surface area contributed by atoms with Gasteiger partial charge in [0.2, 0.25) is 0 Å². The van der Waals surface area contributed by atoms with Gasteiger partial charge in [-0.2, -0.15) is 0 Å². The van der Waals surface area contributed by atoms with E-state index in [9.17, 15) is 30.0 Å². The summed E-state index contributed by atoms with van der Waals surface area (Å²) in [5.74, 6) is -2.25. The number of unbranched alkanes of at least 4 members (excludes halogenated alkanes) is 18. The number of aliphatic hydroxyl groups is 2. The minimum atomic E-state index is -1.13. The molecule has 0 bridgehead atoms. The maximum atomic E-state index is 11.3. The average Bonchev–Trinajstić information content (AvgIpc) is 3.22. The van der Waals surface area contributed by atoms with Crippen molar-refractivity contribution in [1.82, 2.24) is 0 Å². The largest absolute Gasteiger partial charge is 2.00 e. The van der Waals surface area contributed by atoms with Crippen LogP contribution < -0.4 is 10.2 Å². The van der Waals surface area contributed by atoms with E-state index >= 15 is 0 Å². The molecule has 2 rings (SSSR count). The summed E-state index contributed by atoms with van der Waals surface area (Å²) in [5, 5.41) is 42.6. The first-order valence-corrected chi connectivity index (χ1v) is 23.4. The maximum absolute atomic E-state index is 11.3. The Balaban J connectivity index is 0.00000112. The fourth-order valence-corrected chi connectivity index (χ4v) is 7.17. The standard InChI is InChI=1S/2C25H42O4.Ba/c2*1-2-3-4-5-7-13-18-23(26)19-14-8-6-9-15-20-24(25(27)28)29-21-22-16-11-10-12-17-22;/h2*10-12,16-17,23-24,26H,2-9,13-15,18-21H2,1H3,(H,27,28);/q;;+2/p-2. The molecule has 332 valence electrons. The zero-order valence-corrected chi connectivity index (χ0v) is 41.8. The Bertz CT molecular complexity index is 1110. The molecule has 2 N–H and O–H groups in total. The van der Waals surface area contributed by atoms with Crippen LogP contribution >= 0.6 is 0 Å². The topological polar surface area (TPSA) is 139 Å². The molecule has 0 saturated heterocycles. The van der Waals surface area contributed by atoms with Crippen LogP contribution in [0.4, 0.5) is 0 Å². The second-order valence-corrected chi connectivity index (χ2v) is 16.3. The molecule has 0 aliphatic carbocycles. The van der Waals surface area contributed by atoms with Gasteiger partial charge in [0.25, 0.3) is 0 Å². The van der Waals surface area contributed by atoms with Gasteiger partial charge in [-0.25, -0.2) is 0 Å². The first kappa shape index (κ1) is 57.8. The quantitative estimate of drug-likeness (QED) is 0.0501. The third kappa shape index (κ3) is 36.0. The number of benzene rings is 2. The fourth-order valence-electron chi connectivity index (χ4n) is 7.17. The summed E-state index contributed by atoms with van der Waals surface area (Å²) in [6.45, 7) is 5.06. The fraction of sp³-hybridized carbons (Fsp3) is 0.720. The van der Waals surface area contributed by atoms with Gasteiger partial charge in [-0.1, -0.05) is 216 Å². The summed E-state index contributed by atoms with van der Waals surface area (Å²) < 4.78 is 11.0. The number of carboxylic acid groups (broad SMARTS) is 2. The van der Waals surface area contributed by atoms with Gasteiger partial charge in [0, 0.05) is 0 Å². The van der Waals surface area contributed by atoms with Crippen molar-refractivity contribution in [2.75, 3.05) is 0 Å². The predicted molar refractivity (Wildman–Crippen MR) is 238 cm³/mol. The van der Waals surface area contributed by atoms with Crippen LogP contribution in [0.5, 0.6) is 0 Å². The van der Waals surface area contributed by atoms with Crippen molar-refractivity contribution in [3.63, 3.8) is 0 Å². The molecule has 0 aliphatic rings. The van der Waals surface area contributed by atoms with E-state index in [2.05, 4.69) is 13.8 Å². The van der Waals surface area contributed by atoms with Crippen LogP contribution in [0.3, 0.4) is 0 Å². The molecule has 0 radical (unpaired) electrons. The Labute approximate surface area is 400 Å². The summed E-state index contributed by atoms with van der Waals surface area (Å²) in [6.07, 6.45) is 27.9. The predicted octanol–water partition coefficient (Wildman–Crippen LogP) is 9.95. The number of ether oxygens (including phenoxy) is 2. The molecule has 0 amide bonds. The number of carbonyl (C=O) groups is 2. The van der Waals surface area contributed by atoms with E-state index in [1.807, 2.05) is 60.7 Å².